The predicted molar refractivity (Wildman–Crippen MR) is 77.6 cm³/mol. The van der Waals surface area contributed by atoms with Crippen molar-refractivity contribution in [1.29, 1.82) is 0 Å². The Kier molecular flexibility index (Phi) is 3.94. The van der Waals surface area contributed by atoms with E-state index in [0.29, 0.717) is 10.6 Å². The van der Waals surface area contributed by atoms with Gasteiger partial charge in [-0.1, -0.05) is 60.7 Å². The van der Waals surface area contributed by atoms with Crippen LogP contribution in [0.5, 0.6) is 0 Å². The molecule has 0 radical (unpaired) electrons. The number of rotatable bonds is 4. The highest BCUT2D eigenvalue weighted by Crippen LogP contribution is 2.43. The summed E-state index contributed by atoms with van der Waals surface area (Å²) in [4.78, 5) is 14.4. The van der Waals surface area contributed by atoms with Crippen molar-refractivity contribution >= 4 is 29.1 Å². The molecule has 2 N–H and O–H groups in total. The summed E-state index contributed by atoms with van der Waals surface area (Å²) in [6.45, 7) is 0. The van der Waals surface area contributed by atoms with Gasteiger partial charge in [0.2, 0.25) is 0 Å². The molecule has 0 bridgehead atoms. The molecule has 0 atom stereocenters. The van der Waals surface area contributed by atoms with Crippen LogP contribution in [0, 0.1) is 0 Å². The van der Waals surface area contributed by atoms with E-state index in [4.69, 9.17) is 11.3 Å². The van der Waals surface area contributed by atoms with E-state index in [1.54, 1.807) is 60.7 Å². The van der Waals surface area contributed by atoms with Crippen molar-refractivity contribution in [2.45, 2.75) is 0 Å². The lowest BCUT2D eigenvalue weighted by atomic mass is 10.4. The lowest BCUT2D eigenvalue weighted by molar-refractivity contribution is -0.115. The SMILES string of the molecule is [N-]=[N+]=C(C(N)=O)P(=O)(c1ccccc1)c1ccccc1. The largest absolute Gasteiger partial charge is 0.418 e. The van der Waals surface area contributed by atoms with Crippen LogP contribution in [0.2, 0.25) is 0 Å². The van der Waals surface area contributed by atoms with E-state index in [-0.39, 0.29) is 0 Å². The van der Waals surface area contributed by atoms with Crippen LogP contribution in [0.4, 0.5) is 0 Å². The fraction of sp³-hybridized carbons (Fsp3) is 0. The first-order valence-electron chi connectivity index (χ1n) is 5.84. The minimum Gasteiger partial charge on any atom is -0.360 e. The van der Waals surface area contributed by atoms with Gasteiger partial charge in [0.1, 0.15) is 0 Å². The van der Waals surface area contributed by atoms with Crippen molar-refractivity contribution in [3.63, 3.8) is 0 Å². The van der Waals surface area contributed by atoms with Crippen LogP contribution in [-0.2, 0) is 9.36 Å². The summed E-state index contributed by atoms with van der Waals surface area (Å²) in [7, 11) is -3.56. The van der Waals surface area contributed by atoms with Crippen LogP contribution in [0.3, 0.4) is 0 Å². The van der Waals surface area contributed by atoms with Gasteiger partial charge >= 0.3 is 11.4 Å². The molecule has 0 aliphatic rings. The fourth-order valence-corrected chi connectivity index (χ4v) is 4.34. The number of nitrogens with two attached hydrogens (primary N) is 1. The molecule has 2 aromatic carbocycles. The van der Waals surface area contributed by atoms with E-state index in [2.05, 4.69) is 4.79 Å². The molecule has 0 aliphatic carbocycles. The van der Waals surface area contributed by atoms with E-state index in [0.717, 1.165) is 0 Å². The van der Waals surface area contributed by atoms with Crippen molar-refractivity contribution in [2.75, 3.05) is 0 Å². The highest BCUT2D eigenvalue weighted by molar-refractivity contribution is 7.95. The molecule has 6 heteroatoms. The van der Waals surface area contributed by atoms with E-state index < -0.39 is 18.5 Å². The first-order chi connectivity index (χ1) is 9.60. The lowest BCUT2D eigenvalue weighted by Gasteiger charge is -2.13. The molecule has 0 spiro atoms. The second-order valence-corrected chi connectivity index (χ2v) is 6.74. The molecule has 1 amide bonds. The third kappa shape index (κ3) is 2.32. The quantitative estimate of drug-likeness (QED) is 0.394. The third-order valence-corrected chi connectivity index (χ3v) is 5.81. The summed E-state index contributed by atoms with van der Waals surface area (Å²) in [6.07, 6.45) is 0. The molecule has 5 nitrogen and oxygen atoms in total. The zero-order valence-electron chi connectivity index (χ0n) is 10.5. The summed E-state index contributed by atoms with van der Waals surface area (Å²) >= 11 is 0. The maximum absolute atomic E-state index is 13.4. The monoisotopic (exact) mass is 285 g/mol. The standard InChI is InChI=1S/C14H12N3O2P/c15-13(18)14(17-16)20(19,11-7-3-1-4-8-11)12-9-5-2-6-10-12/h1-10H,(H2,15,18). The molecule has 0 unspecified atom stereocenters. The second kappa shape index (κ2) is 5.66. The molecular weight excluding hydrogens is 273 g/mol. The van der Waals surface area contributed by atoms with Crippen molar-refractivity contribution < 1.29 is 14.1 Å². The molecule has 0 aliphatic heterocycles. The lowest BCUT2D eigenvalue weighted by Crippen LogP contribution is -2.32. The number of carbonyl (C=O) groups excluding carboxylic acids is 1. The molecule has 0 heterocycles. The topological polar surface area (TPSA) is 96.6 Å². The van der Waals surface area contributed by atoms with E-state index >= 15 is 0 Å². The molecular formula is C14H12N3O2P. The number of primary amides is 1. The Morgan fingerprint density at radius 2 is 1.35 bits per heavy atom. The van der Waals surface area contributed by atoms with Gasteiger partial charge in [-0.3, -0.25) is 4.79 Å². The zero-order valence-corrected chi connectivity index (χ0v) is 11.4. The van der Waals surface area contributed by atoms with Gasteiger partial charge in [-0.15, -0.1) is 0 Å². The number of benzene rings is 2. The Balaban J connectivity index is 2.78. The van der Waals surface area contributed by atoms with Crippen LogP contribution in [0.1, 0.15) is 0 Å². The van der Waals surface area contributed by atoms with Gasteiger partial charge in [-0.2, -0.15) is 4.79 Å². The molecule has 0 saturated heterocycles. The minimum absolute atomic E-state index is 0.387. The summed E-state index contributed by atoms with van der Waals surface area (Å²) in [5.41, 5.74) is 13.7. The smallest absolute Gasteiger partial charge is 0.360 e. The van der Waals surface area contributed by atoms with E-state index in [9.17, 15) is 9.36 Å². The van der Waals surface area contributed by atoms with Gasteiger partial charge in [0, 0.05) is 10.6 Å². The van der Waals surface area contributed by atoms with Crippen molar-refractivity contribution in [1.82, 2.24) is 0 Å². The number of carbonyl (C=O) groups is 1. The highest BCUT2D eigenvalue weighted by Gasteiger charge is 2.44. The maximum atomic E-state index is 13.4. The molecule has 0 aromatic heterocycles. The Morgan fingerprint density at radius 3 is 1.65 bits per heavy atom. The molecule has 100 valence electrons. The van der Waals surface area contributed by atoms with Gasteiger partial charge in [-0.05, 0) is 0 Å². The molecule has 0 saturated carbocycles. The number of hydrogen-bond donors (Lipinski definition) is 1. The maximum Gasteiger partial charge on any atom is 0.418 e. The third-order valence-electron chi connectivity index (χ3n) is 2.85. The number of amides is 1. The van der Waals surface area contributed by atoms with Crippen LogP contribution < -0.4 is 16.3 Å². The van der Waals surface area contributed by atoms with Crippen LogP contribution >= 0.6 is 7.14 Å². The molecule has 2 rings (SSSR count). The summed E-state index contributed by atoms with van der Waals surface area (Å²) in [5.74, 6) is -1.01. The predicted octanol–water partition coefficient (Wildman–Crippen LogP) is 1.11. The van der Waals surface area contributed by atoms with Gasteiger partial charge < -0.3 is 15.8 Å². The van der Waals surface area contributed by atoms with Crippen LogP contribution in [0.15, 0.2) is 60.7 Å². The summed E-state index contributed by atoms with van der Waals surface area (Å²) in [5, 5.41) is 0.774. The minimum atomic E-state index is -3.56. The fourth-order valence-electron chi connectivity index (χ4n) is 1.94. The van der Waals surface area contributed by atoms with Gasteiger partial charge in [0.05, 0.1) is 0 Å². The van der Waals surface area contributed by atoms with E-state index in [1.807, 2.05) is 0 Å². The molecule has 0 fully saturated rings. The number of hydrogen-bond acceptors (Lipinski definition) is 2. The molecule has 20 heavy (non-hydrogen) atoms. The summed E-state index contributed by atoms with van der Waals surface area (Å²) < 4.78 is 13.4. The normalized spacial score (nSPS) is 10.6. The average molecular weight is 285 g/mol. The first-order valence-corrected chi connectivity index (χ1v) is 7.55. The van der Waals surface area contributed by atoms with Gasteiger partial charge in [0.25, 0.3) is 7.14 Å². The Morgan fingerprint density at radius 1 is 0.950 bits per heavy atom. The van der Waals surface area contributed by atoms with Crippen LogP contribution in [0.25, 0.3) is 5.53 Å². The van der Waals surface area contributed by atoms with Crippen LogP contribution in [-0.4, -0.2) is 16.1 Å². The number of nitrogens with zero attached hydrogens (tertiary/aromatic N) is 2. The van der Waals surface area contributed by atoms with Crippen molar-refractivity contribution in [3.8, 4) is 0 Å². The van der Waals surface area contributed by atoms with Gasteiger partial charge in [0.15, 0.2) is 0 Å². The highest BCUT2D eigenvalue weighted by atomic mass is 31.2. The van der Waals surface area contributed by atoms with Gasteiger partial charge in [-0.25, -0.2) is 0 Å². The Bertz CT molecular complexity index is 679. The summed E-state index contributed by atoms with van der Waals surface area (Å²) in [6, 6.07) is 16.8. The average Bonchev–Trinajstić information content (AvgIpc) is 2.49. The van der Waals surface area contributed by atoms with Crippen molar-refractivity contribution in [2.24, 2.45) is 5.73 Å². The zero-order chi connectivity index (χ0) is 14.6. The van der Waals surface area contributed by atoms with Crippen molar-refractivity contribution in [3.05, 3.63) is 66.2 Å². The first kappa shape index (κ1) is 13.9. The Labute approximate surface area is 116 Å². The molecule has 2 aromatic rings. The second-order valence-electron chi connectivity index (χ2n) is 4.07. The Hall–Kier alpha value is -2.48. The van der Waals surface area contributed by atoms with E-state index in [1.165, 1.54) is 0 Å².